The molecule has 0 saturated heterocycles. The Morgan fingerprint density at radius 3 is 2.52 bits per heavy atom. The fraction of sp³-hybridized carbons (Fsp3) is 0.529. The molecule has 0 radical (unpaired) electrons. The van der Waals surface area contributed by atoms with Crippen molar-refractivity contribution in [2.75, 3.05) is 6.54 Å². The molecule has 5 nitrogen and oxygen atoms in total. The van der Waals surface area contributed by atoms with Crippen LogP contribution in [-0.4, -0.2) is 30.4 Å². The van der Waals surface area contributed by atoms with Gasteiger partial charge in [-0.05, 0) is 36.8 Å². The number of hydrogen-bond donors (Lipinski definition) is 3. The van der Waals surface area contributed by atoms with Crippen LogP contribution in [0.3, 0.4) is 0 Å². The van der Waals surface area contributed by atoms with Crippen LogP contribution in [0.25, 0.3) is 0 Å². The highest BCUT2D eigenvalue weighted by Crippen LogP contribution is 2.31. The molecule has 1 aromatic carbocycles. The summed E-state index contributed by atoms with van der Waals surface area (Å²) in [5, 5.41) is 5.98. The first-order valence-corrected chi connectivity index (χ1v) is 8.36. The zero-order valence-electron chi connectivity index (χ0n) is 13.5. The number of benzene rings is 1. The molecule has 2 atom stereocenters. The Morgan fingerprint density at radius 2 is 1.96 bits per heavy atom. The Hall–Kier alpha value is -1.59. The van der Waals surface area contributed by atoms with Gasteiger partial charge in [0, 0.05) is 12.6 Å². The third-order valence-electron chi connectivity index (χ3n) is 4.09. The number of nitrogens with two attached hydrogens (primary N) is 1. The Labute approximate surface area is 142 Å². The van der Waals surface area contributed by atoms with E-state index in [1.54, 1.807) is 24.3 Å². The molecule has 1 saturated carbocycles. The highest BCUT2D eigenvalue weighted by atomic mass is 35.5. The van der Waals surface area contributed by atoms with E-state index < -0.39 is 6.04 Å². The summed E-state index contributed by atoms with van der Waals surface area (Å²) in [5.74, 6) is -0.0865. The van der Waals surface area contributed by atoms with E-state index in [1.165, 1.54) is 0 Å². The lowest BCUT2D eigenvalue weighted by atomic mass is 10.0. The maximum absolute atomic E-state index is 12.4. The zero-order valence-corrected chi connectivity index (χ0v) is 14.3. The van der Waals surface area contributed by atoms with Gasteiger partial charge in [-0.2, -0.15) is 0 Å². The van der Waals surface area contributed by atoms with E-state index in [0.717, 1.165) is 12.8 Å². The van der Waals surface area contributed by atoms with Gasteiger partial charge in [-0.1, -0.05) is 37.6 Å². The monoisotopic (exact) mass is 337 g/mol. The van der Waals surface area contributed by atoms with Crippen LogP contribution in [-0.2, 0) is 4.79 Å². The van der Waals surface area contributed by atoms with E-state index in [1.807, 2.05) is 13.8 Å². The van der Waals surface area contributed by atoms with E-state index in [-0.39, 0.29) is 23.8 Å². The Bertz CT molecular complexity index is 573. The van der Waals surface area contributed by atoms with E-state index in [0.29, 0.717) is 23.0 Å². The van der Waals surface area contributed by atoms with Crippen LogP contribution >= 0.6 is 11.6 Å². The second-order valence-electron chi connectivity index (χ2n) is 6.42. The average molecular weight is 338 g/mol. The normalized spacial score (nSPS) is 16.7. The number of hydrogen-bond acceptors (Lipinski definition) is 3. The molecule has 2 unspecified atom stereocenters. The molecule has 1 fully saturated rings. The van der Waals surface area contributed by atoms with Crippen molar-refractivity contribution < 1.29 is 9.59 Å². The summed E-state index contributed by atoms with van der Waals surface area (Å²) in [7, 11) is 0. The van der Waals surface area contributed by atoms with Crippen molar-refractivity contribution in [1.29, 1.82) is 0 Å². The van der Waals surface area contributed by atoms with Crippen molar-refractivity contribution >= 4 is 23.4 Å². The summed E-state index contributed by atoms with van der Waals surface area (Å²) in [6, 6.07) is 6.15. The molecule has 6 heteroatoms. The maximum Gasteiger partial charge on any atom is 0.253 e. The van der Waals surface area contributed by atoms with Crippen molar-refractivity contribution in [3.8, 4) is 0 Å². The smallest absolute Gasteiger partial charge is 0.253 e. The number of halogens is 1. The van der Waals surface area contributed by atoms with E-state index in [4.69, 9.17) is 17.3 Å². The fourth-order valence-electron chi connectivity index (χ4n) is 2.42. The van der Waals surface area contributed by atoms with Gasteiger partial charge < -0.3 is 16.4 Å². The van der Waals surface area contributed by atoms with Crippen LogP contribution in [0.5, 0.6) is 0 Å². The minimum atomic E-state index is -0.620. The highest BCUT2D eigenvalue weighted by Gasteiger charge is 2.30. The summed E-state index contributed by atoms with van der Waals surface area (Å²) < 4.78 is 0. The first-order valence-electron chi connectivity index (χ1n) is 7.98. The number of carbonyl (C=O) groups excluding carboxylic acids is 2. The molecule has 0 bridgehead atoms. The maximum atomic E-state index is 12.4. The molecule has 1 aliphatic carbocycles. The van der Waals surface area contributed by atoms with Crippen molar-refractivity contribution in [2.45, 2.75) is 38.8 Å². The van der Waals surface area contributed by atoms with Crippen LogP contribution in [0.15, 0.2) is 24.3 Å². The Kier molecular flexibility index (Phi) is 6.02. The summed E-state index contributed by atoms with van der Waals surface area (Å²) >= 11 is 6.03. The average Bonchev–Trinajstić information content (AvgIpc) is 3.34. The summed E-state index contributed by atoms with van der Waals surface area (Å²) in [6.45, 7) is 4.21. The number of nitrogens with one attached hydrogen (secondary N) is 2. The molecule has 2 amide bonds. The number of amides is 2. The SMILES string of the molecule is CC(C)C(NC(=O)c1ccccc1Cl)C(=O)NCC(N)C1CC1. The first kappa shape index (κ1) is 17.8. The third kappa shape index (κ3) is 4.94. The minimum absolute atomic E-state index is 0.00830. The van der Waals surface area contributed by atoms with Gasteiger partial charge >= 0.3 is 0 Å². The summed E-state index contributed by atoms with van der Waals surface area (Å²) in [5.41, 5.74) is 6.36. The van der Waals surface area contributed by atoms with Crippen molar-refractivity contribution in [3.63, 3.8) is 0 Å². The lowest BCUT2D eigenvalue weighted by Crippen LogP contribution is -2.52. The van der Waals surface area contributed by atoms with Gasteiger partial charge in [-0.15, -0.1) is 0 Å². The molecule has 0 spiro atoms. The standard InChI is InChI=1S/C17H24ClN3O2/c1-10(2)15(17(23)20-9-14(19)11-7-8-11)21-16(22)12-5-3-4-6-13(12)18/h3-6,10-11,14-15H,7-9,19H2,1-2H3,(H,20,23)(H,21,22). The van der Waals surface area contributed by atoms with Gasteiger partial charge in [-0.3, -0.25) is 9.59 Å². The molecule has 1 aromatic rings. The first-order chi connectivity index (χ1) is 10.9. The van der Waals surface area contributed by atoms with E-state index in [9.17, 15) is 9.59 Å². The largest absolute Gasteiger partial charge is 0.353 e. The molecule has 0 aromatic heterocycles. The zero-order chi connectivity index (χ0) is 17.0. The van der Waals surface area contributed by atoms with Gasteiger partial charge in [0.1, 0.15) is 6.04 Å². The van der Waals surface area contributed by atoms with Gasteiger partial charge in [0.15, 0.2) is 0 Å². The predicted octanol–water partition coefficient (Wildman–Crippen LogP) is 1.95. The molecule has 0 aliphatic heterocycles. The van der Waals surface area contributed by atoms with Gasteiger partial charge in [-0.25, -0.2) is 0 Å². The topological polar surface area (TPSA) is 84.2 Å². The molecular weight excluding hydrogens is 314 g/mol. The quantitative estimate of drug-likeness (QED) is 0.711. The summed E-state index contributed by atoms with van der Waals surface area (Å²) in [6.07, 6.45) is 2.27. The Morgan fingerprint density at radius 1 is 1.30 bits per heavy atom. The number of rotatable bonds is 7. The van der Waals surface area contributed by atoms with E-state index >= 15 is 0 Å². The van der Waals surface area contributed by atoms with Crippen LogP contribution in [0.1, 0.15) is 37.0 Å². The van der Waals surface area contributed by atoms with Crippen molar-refractivity contribution in [1.82, 2.24) is 10.6 Å². The van der Waals surface area contributed by atoms with Crippen molar-refractivity contribution in [3.05, 3.63) is 34.9 Å². The van der Waals surface area contributed by atoms with Gasteiger partial charge in [0.05, 0.1) is 10.6 Å². The predicted molar refractivity (Wildman–Crippen MR) is 91.3 cm³/mol. The van der Waals surface area contributed by atoms with Crippen LogP contribution < -0.4 is 16.4 Å². The third-order valence-corrected chi connectivity index (χ3v) is 4.42. The highest BCUT2D eigenvalue weighted by molar-refractivity contribution is 6.33. The lowest BCUT2D eigenvalue weighted by molar-refractivity contribution is -0.124. The van der Waals surface area contributed by atoms with Crippen LogP contribution in [0.2, 0.25) is 5.02 Å². The molecule has 1 aliphatic rings. The molecule has 2 rings (SSSR count). The second-order valence-corrected chi connectivity index (χ2v) is 6.83. The fourth-order valence-corrected chi connectivity index (χ4v) is 2.64. The van der Waals surface area contributed by atoms with Crippen LogP contribution in [0, 0.1) is 11.8 Å². The molecule has 23 heavy (non-hydrogen) atoms. The lowest BCUT2D eigenvalue weighted by Gasteiger charge is -2.23. The molecule has 126 valence electrons. The number of carbonyl (C=O) groups is 2. The van der Waals surface area contributed by atoms with Crippen molar-refractivity contribution in [2.24, 2.45) is 17.6 Å². The summed E-state index contributed by atoms with van der Waals surface area (Å²) in [4.78, 5) is 24.7. The van der Waals surface area contributed by atoms with Gasteiger partial charge in [0.2, 0.25) is 5.91 Å². The van der Waals surface area contributed by atoms with Crippen LogP contribution in [0.4, 0.5) is 0 Å². The minimum Gasteiger partial charge on any atom is -0.353 e. The Balaban J connectivity index is 1.96. The molecule has 0 heterocycles. The molecule has 4 N–H and O–H groups in total. The second kappa shape index (κ2) is 7.79. The molecular formula is C17H24ClN3O2. The van der Waals surface area contributed by atoms with E-state index in [2.05, 4.69) is 10.6 Å². The van der Waals surface area contributed by atoms with Gasteiger partial charge in [0.25, 0.3) is 5.91 Å².